The van der Waals surface area contributed by atoms with E-state index in [4.69, 9.17) is 11.6 Å². The molecular weight excluding hydrogens is 210 g/mol. The third kappa shape index (κ3) is 2.40. The van der Waals surface area contributed by atoms with E-state index in [0.29, 0.717) is 10.6 Å². The van der Waals surface area contributed by atoms with E-state index >= 15 is 0 Å². The van der Waals surface area contributed by atoms with Crippen molar-refractivity contribution in [3.8, 4) is 0 Å². The summed E-state index contributed by atoms with van der Waals surface area (Å²) in [6.07, 6.45) is 2.64. The predicted octanol–water partition coefficient (Wildman–Crippen LogP) is 2.98. The summed E-state index contributed by atoms with van der Waals surface area (Å²) in [6.45, 7) is 5.55. The highest BCUT2D eigenvalue weighted by molar-refractivity contribution is 6.29. The topological polar surface area (TPSA) is 37.8 Å². The third-order valence-corrected chi connectivity index (χ3v) is 3.57. The van der Waals surface area contributed by atoms with Crippen LogP contribution in [0.25, 0.3) is 0 Å². The molecule has 0 bridgehead atoms. The number of anilines is 1. The molecule has 0 unspecified atom stereocenters. The van der Waals surface area contributed by atoms with E-state index in [-0.39, 0.29) is 0 Å². The zero-order valence-corrected chi connectivity index (χ0v) is 9.88. The van der Waals surface area contributed by atoms with Crippen molar-refractivity contribution in [3.05, 3.63) is 17.3 Å². The van der Waals surface area contributed by atoms with Gasteiger partial charge in [0.1, 0.15) is 5.82 Å². The van der Waals surface area contributed by atoms with Gasteiger partial charge in [0.05, 0.1) is 0 Å². The van der Waals surface area contributed by atoms with Gasteiger partial charge in [-0.15, -0.1) is 10.2 Å². The lowest BCUT2D eigenvalue weighted by molar-refractivity contribution is 0.379. The maximum atomic E-state index is 5.66. The Kier molecular flexibility index (Phi) is 2.83. The van der Waals surface area contributed by atoms with Crippen LogP contribution in [0, 0.1) is 11.3 Å². The van der Waals surface area contributed by atoms with E-state index in [1.807, 2.05) is 6.07 Å². The molecular formula is C11H16ClN3. The molecule has 1 heterocycles. The molecule has 0 atom stereocenters. The third-order valence-electron chi connectivity index (χ3n) is 3.37. The van der Waals surface area contributed by atoms with Gasteiger partial charge in [0.2, 0.25) is 0 Å². The number of halogens is 1. The van der Waals surface area contributed by atoms with E-state index in [1.54, 1.807) is 6.07 Å². The summed E-state index contributed by atoms with van der Waals surface area (Å²) in [4.78, 5) is 0. The molecule has 4 heteroatoms. The van der Waals surface area contributed by atoms with Gasteiger partial charge in [-0.05, 0) is 36.3 Å². The molecule has 3 nitrogen and oxygen atoms in total. The maximum Gasteiger partial charge on any atom is 0.151 e. The molecule has 82 valence electrons. The molecule has 1 fully saturated rings. The van der Waals surface area contributed by atoms with Crippen molar-refractivity contribution in [3.63, 3.8) is 0 Å². The van der Waals surface area contributed by atoms with Gasteiger partial charge < -0.3 is 5.32 Å². The number of rotatable bonds is 4. The summed E-state index contributed by atoms with van der Waals surface area (Å²) in [5, 5.41) is 11.5. The molecule has 0 aromatic carbocycles. The molecule has 1 aliphatic carbocycles. The lowest BCUT2D eigenvalue weighted by Gasteiger charge is -2.19. The van der Waals surface area contributed by atoms with Crippen molar-refractivity contribution in [1.29, 1.82) is 0 Å². The number of hydrogen-bond donors (Lipinski definition) is 1. The van der Waals surface area contributed by atoms with E-state index in [1.165, 1.54) is 12.8 Å². The van der Waals surface area contributed by atoms with Gasteiger partial charge in [-0.25, -0.2) is 0 Å². The van der Waals surface area contributed by atoms with Gasteiger partial charge in [-0.2, -0.15) is 0 Å². The minimum absolute atomic E-state index is 0.436. The van der Waals surface area contributed by atoms with Crippen LogP contribution >= 0.6 is 11.6 Å². The molecule has 1 aromatic heterocycles. The molecule has 2 rings (SSSR count). The average molecular weight is 226 g/mol. The minimum Gasteiger partial charge on any atom is -0.368 e. The molecule has 15 heavy (non-hydrogen) atoms. The van der Waals surface area contributed by atoms with Crippen molar-refractivity contribution in [2.45, 2.75) is 26.7 Å². The van der Waals surface area contributed by atoms with Gasteiger partial charge in [0.15, 0.2) is 5.15 Å². The Morgan fingerprint density at radius 2 is 2.13 bits per heavy atom. The Morgan fingerprint density at radius 3 is 2.60 bits per heavy atom. The Labute approximate surface area is 95.2 Å². The van der Waals surface area contributed by atoms with Gasteiger partial charge in [-0.3, -0.25) is 0 Å². The number of nitrogens with zero attached hydrogens (tertiary/aromatic N) is 2. The van der Waals surface area contributed by atoms with Crippen molar-refractivity contribution in [2.24, 2.45) is 11.3 Å². The first kappa shape index (κ1) is 10.7. The van der Waals surface area contributed by atoms with E-state index in [2.05, 4.69) is 29.4 Å². The summed E-state index contributed by atoms with van der Waals surface area (Å²) in [5.74, 6) is 1.54. The average Bonchev–Trinajstić information content (AvgIpc) is 2.98. The van der Waals surface area contributed by atoms with Crippen LogP contribution < -0.4 is 5.32 Å². The Balaban J connectivity index is 1.91. The van der Waals surface area contributed by atoms with Gasteiger partial charge in [0.25, 0.3) is 0 Å². The highest BCUT2D eigenvalue weighted by Gasteiger charge is 2.44. The van der Waals surface area contributed by atoms with Crippen LogP contribution in [0.4, 0.5) is 5.82 Å². The van der Waals surface area contributed by atoms with Crippen LogP contribution in [0.5, 0.6) is 0 Å². The largest absolute Gasteiger partial charge is 0.368 e. The van der Waals surface area contributed by atoms with Gasteiger partial charge in [0, 0.05) is 6.54 Å². The smallest absolute Gasteiger partial charge is 0.151 e. The number of nitrogens with one attached hydrogen (secondary N) is 1. The van der Waals surface area contributed by atoms with Crippen LogP contribution in [-0.2, 0) is 0 Å². The van der Waals surface area contributed by atoms with Crippen LogP contribution in [0.1, 0.15) is 26.7 Å². The Bertz CT molecular complexity index is 330. The van der Waals surface area contributed by atoms with Gasteiger partial charge >= 0.3 is 0 Å². The molecule has 1 saturated carbocycles. The Hall–Kier alpha value is -0.830. The minimum atomic E-state index is 0.436. The molecule has 1 aromatic rings. The van der Waals surface area contributed by atoms with Gasteiger partial charge in [-0.1, -0.05) is 25.4 Å². The fourth-order valence-corrected chi connectivity index (χ4v) is 1.90. The summed E-state index contributed by atoms with van der Waals surface area (Å²) in [5.41, 5.74) is 0.487. The second-order valence-electron chi connectivity index (χ2n) is 4.61. The highest BCUT2D eigenvalue weighted by Crippen LogP contribution is 2.51. The van der Waals surface area contributed by atoms with Crippen LogP contribution in [0.15, 0.2) is 12.1 Å². The van der Waals surface area contributed by atoms with E-state index in [9.17, 15) is 0 Å². The van der Waals surface area contributed by atoms with E-state index in [0.717, 1.165) is 18.3 Å². The molecule has 0 aliphatic heterocycles. The summed E-state index contributed by atoms with van der Waals surface area (Å²) >= 11 is 5.66. The lowest BCUT2D eigenvalue weighted by atomic mass is 9.92. The number of aromatic nitrogens is 2. The molecule has 0 saturated heterocycles. The standard InChI is InChI=1S/C11H16ClN3/c1-8(2)11(5-6-11)7-13-10-4-3-9(12)14-15-10/h3-4,8H,5-7H2,1-2H3,(H,13,15). The van der Waals surface area contributed by atoms with Crippen molar-refractivity contribution < 1.29 is 0 Å². The second kappa shape index (κ2) is 3.97. The maximum absolute atomic E-state index is 5.66. The second-order valence-corrected chi connectivity index (χ2v) is 5.00. The van der Waals surface area contributed by atoms with E-state index < -0.39 is 0 Å². The summed E-state index contributed by atoms with van der Waals surface area (Å²) < 4.78 is 0. The molecule has 1 N–H and O–H groups in total. The zero-order valence-electron chi connectivity index (χ0n) is 9.13. The fourth-order valence-electron chi connectivity index (χ4n) is 1.80. The lowest BCUT2D eigenvalue weighted by Crippen LogP contribution is -2.21. The monoisotopic (exact) mass is 225 g/mol. The Morgan fingerprint density at radius 1 is 1.40 bits per heavy atom. The molecule has 0 amide bonds. The zero-order chi connectivity index (χ0) is 10.9. The quantitative estimate of drug-likeness (QED) is 0.856. The highest BCUT2D eigenvalue weighted by atomic mass is 35.5. The summed E-state index contributed by atoms with van der Waals surface area (Å²) in [6, 6.07) is 3.62. The molecule has 0 spiro atoms. The predicted molar refractivity (Wildman–Crippen MR) is 62.0 cm³/mol. The van der Waals surface area contributed by atoms with Crippen LogP contribution in [0.2, 0.25) is 5.15 Å². The molecule has 0 radical (unpaired) electrons. The first-order chi connectivity index (χ1) is 7.12. The fraction of sp³-hybridized carbons (Fsp3) is 0.636. The first-order valence-electron chi connectivity index (χ1n) is 5.35. The van der Waals surface area contributed by atoms with Crippen LogP contribution in [0.3, 0.4) is 0 Å². The van der Waals surface area contributed by atoms with Crippen LogP contribution in [-0.4, -0.2) is 16.7 Å². The first-order valence-corrected chi connectivity index (χ1v) is 5.73. The van der Waals surface area contributed by atoms with Crippen molar-refractivity contribution >= 4 is 17.4 Å². The van der Waals surface area contributed by atoms with Crippen molar-refractivity contribution in [1.82, 2.24) is 10.2 Å². The SMILES string of the molecule is CC(C)C1(CNc2ccc(Cl)nn2)CC1. The normalized spacial score (nSPS) is 17.9. The number of hydrogen-bond acceptors (Lipinski definition) is 3. The summed E-state index contributed by atoms with van der Waals surface area (Å²) in [7, 11) is 0. The molecule has 1 aliphatic rings. The van der Waals surface area contributed by atoms with Crippen molar-refractivity contribution in [2.75, 3.05) is 11.9 Å².